The predicted octanol–water partition coefficient (Wildman–Crippen LogP) is 2.44. The van der Waals surface area contributed by atoms with E-state index in [2.05, 4.69) is 19.1 Å². The lowest BCUT2D eigenvalue weighted by atomic mass is 10.1. The highest BCUT2D eigenvalue weighted by molar-refractivity contribution is 5.43. The van der Waals surface area contributed by atoms with Crippen LogP contribution in [0.5, 0.6) is 0 Å². The van der Waals surface area contributed by atoms with Crippen molar-refractivity contribution < 1.29 is 9.57 Å². The second kappa shape index (κ2) is 5.14. The van der Waals surface area contributed by atoms with E-state index in [9.17, 15) is 0 Å². The van der Waals surface area contributed by atoms with Crippen molar-refractivity contribution in [1.82, 2.24) is 0 Å². The summed E-state index contributed by atoms with van der Waals surface area (Å²) in [6.45, 7) is 4.23. The predicted molar refractivity (Wildman–Crippen MR) is 59.5 cm³/mol. The minimum atomic E-state index is 0.353. The third kappa shape index (κ3) is 2.70. The van der Waals surface area contributed by atoms with Gasteiger partial charge in [0.2, 0.25) is 0 Å². The number of nitrogens with zero attached hydrogens (tertiary/aromatic N) is 1. The van der Waals surface area contributed by atoms with Crippen LogP contribution in [0.2, 0.25) is 0 Å². The molecule has 3 nitrogen and oxygen atoms in total. The van der Waals surface area contributed by atoms with Gasteiger partial charge in [-0.2, -0.15) is 0 Å². The van der Waals surface area contributed by atoms with E-state index in [0.717, 1.165) is 25.3 Å². The summed E-state index contributed by atoms with van der Waals surface area (Å²) in [5.41, 5.74) is 1.10. The van der Waals surface area contributed by atoms with Gasteiger partial charge in [0.15, 0.2) is 6.79 Å². The Balaban J connectivity index is 2.07. The molecule has 1 saturated heterocycles. The van der Waals surface area contributed by atoms with Gasteiger partial charge in [0.1, 0.15) is 0 Å². The lowest BCUT2D eigenvalue weighted by molar-refractivity contribution is -0.0461. The van der Waals surface area contributed by atoms with Gasteiger partial charge in [0.25, 0.3) is 0 Å². The minimum absolute atomic E-state index is 0.353. The average Bonchev–Trinajstić information content (AvgIpc) is 2.55. The van der Waals surface area contributed by atoms with E-state index in [-0.39, 0.29) is 0 Å². The summed E-state index contributed by atoms with van der Waals surface area (Å²) >= 11 is 0. The van der Waals surface area contributed by atoms with E-state index < -0.39 is 0 Å². The first kappa shape index (κ1) is 10.5. The summed E-state index contributed by atoms with van der Waals surface area (Å²) in [6, 6.07) is 10.2. The molecule has 0 bridgehead atoms. The van der Waals surface area contributed by atoms with Crippen LogP contribution in [0.25, 0.3) is 0 Å². The fourth-order valence-electron chi connectivity index (χ4n) is 1.68. The molecule has 1 atom stereocenters. The molecule has 0 aromatic heterocycles. The molecule has 1 fully saturated rings. The first-order valence-electron chi connectivity index (χ1n) is 5.43. The molecule has 1 aliphatic rings. The molecule has 0 N–H and O–H groups in total. The second-order valence-electron chi connectivity index (χ2n) is 3.79. The van der Waals surface area contributed by atoms with Gasteiger partial charge in [-0.3, -0.25) is 5.06 Å². The third-order valence-corrected chi connectivity index (χ3v) is 2.69. The zero-order valence-electron chi connectivity index (χ0n) is 9.06. The SMILES string of the molecule is CCC1COCON(c2ccccc2)C1. The van der Waals surface area contributed by atoms with Crippen LogP contribution in [0.4, 0.5) is 5.69 Å². The largest absolute Gasteiger partial charge is 0.352 e. The number of hydroxylamine groups is 1. The monoisotopic (exact) mass is 207 g/mol. The molecule has 0 radical (unpaired) electrons. The number of hydrogen-bond donors (Lipinski definition) is 0. The number of ether oxygens (including phenoxy) is 1. The average molecular weight is 207 g/mol. The van der Waals surface area contributed by atoms with Crippen molar-refractivity contribution in [3.63, 3.8) is 0 Å². The van der Waals surface area contributed by atoms with Crippen molar-refractivity contribution in [2.75, 3.05) is 25.0 Å². The number of rotatable bonds is 2. The fourth-order valence-corrected chi connectivity index (χ4v) is 1.68. The first-order valence-corrected chi connectivity index (χ1v) is 5.43. The number of anilines is 1. The van der Waals surface area contributed by atoms with Gasteiger partial charge in [-0.25, -0.2) is 4.84 Å². The zero-order valence-corrected chi connectivity index (χ0v) is 9.06. The Labute approximate surface area is 90.6 Å². The molecule has 1 aromatic rings. The summed E-state index contributed by atoms with van der Waals surface area (Å²) in [7, 11) is 0. The number of benzene rings is 1. The molecular weight excluding hydrogens is 190 g/mol. The first-order chi connectivity index (χ1) is 7.40. The molecule has 82 valence electrons. The number of para-hydroxylation sites is 1. The highest BCUT2D eigenvalue weighted by atomic mass is 16.8. The highest BCUT2D eigenvalue weighted by Crippen LogP contribution is 2.19. The van der Waals surface area contributed by atoms with Gasteiger partial charge in [-0.15, -0.1) is 0 Å². The van der Waals surface area contributed by atoms with Gasteiger partial charge in [-0.05, 0) is 18.6 Å². The van der Waals surface area contributed by atoms with Crippen LogP contribution >= 0.6 is 0 Å². The Kier molecular flexibility index (Phi) is 3.59. The van der Waals surface area contributed by atoms with Crippen LogP contribution in [-0.4, -0.2) is 19.9 Å². The van der Waals surface area contributed by atoms with E-state index in [1.807, 2.05) is 23.3 Å². The zero-order chi connectivity index (χ0) is 10.5. The third-order valence-electron chi connectivity index (χ3n) is 2.69. The quantitative estimate of drug-likeness (QED) is 0.743. The molecule has 0 spiro atoms. The summed E-state index contributed by atoms with van der Waals surface area (Å²) in [6.07, 6.45) is 1.12. The lowest BCUT2D eigenvalue weighted by Crippen LogP contribution is -2.27. The molecule has 1 aliphatic heterocycles. The Hall–Kier alpha value is -1.06. The summed E-state index contributed by atoms with van der Waals surface area (Å²) in [5, 5.41) is 1.93. The summed E-state index contributed by atoms with van der Waals surface area (Å²) < 4.78 is 5.39. The van der Waals surface area contributed by atoms with Crippen molar-refractivity contribution in [3.05, 3.63) is 30.3 Å². The van der Waals surface area contributed by atoms with Crippen molar-refractivity contribution in [2.24, 2.45) is 5.92 Å². The van der Waals surface area contributed by atoms with Gasteiger partial charge >= 0.3 is 0 Å². The maximum atomic E-state index is 5.53. The van der Waals surface area contributed by atoms with Gasteiger partial charge < -0.3 is 4.74 Å². The fraction of sp³-hybridized carbons (Fsp3) is 0.500. The summed E-state index contributed by atoms with van der Waals surface area (Å²) in [4.78, 5) is 5.53. The maximum absolute atomic E-state index is 5.53. The maximum Gasteiger partial charge on any atom is 0.173 e. The topological polar surface area (TPSA) is 21.7 Å². The van der Waals surface area contributed by atoms with Crippen LogP contribution in [0.1, 0.15) is 13.3 Å². The summed E-state index contributed by atoms with van der Waals surface area (Å²) in [5.74, 6) is 0.549. The molecule has 0 amide bonds. The molecule has 2 rings (SSSR count). The van der Waals surface area contributed by atoms with Crippen LogP contribution in [0.3, 0.4) is 0 Å². The van der Waals surface area contributed by atoms with Crippen LogP contribution in [0.15, 0.2) is 30.3 Å². The molecule has 1 aromatic carbocycles. The Bertz CT molecular complexity index is 289. The van der Waals surface area contributed by atoms with Crippen LogP contribution < -0.4 is 5.06 Å². The van der Waals surface area contributed by atoms with E-state index in [1.54, 1.807) is 0 Å². The smallest absolute Gasteiger partial charge is 0.173 e. The lowest BCUT2D eigenvalue weighted by Gasteiger charge is -2.23. The van der Waals surface area contributed by atoms with Crippen molar-refractivity contribution in [3.8, 4) is 0 Å². The van der Waals surface area contributed by atoms with Crippen molar-refractivity contribution in [2.45, 2.75) is 13.3 Å². The van der Waals surface area contributed by atoms with Gasteiger partial charge in [-0.1, -0.05) is 25.1 Å². The van der Waals surface area contributed by atoms with E-state index in [4.69, 9.17) is 9.57 Å². The van der Waals surface area contributed by atoms with Crippen molar-refractivity contribution >= 4 is 5.69 Å². The Morgan fingerprint density at radius 1 is 1.33 bits per heavy atom. The van der Waals surface area contributed by atoms with E-state index in [1.165, 1.54) is 0 Å². The highest BCUT2D eigenvalue weighted by Gasteiger charge is 2.17. The van der Waals surface area contributed by atoms with E-state index in [0.29, 0.717) is 12.7 Å². The van der Waals surface area contributed by atoms with Crippen LogP contribution in [0, 0.1) is 5.92 Å². The van der Waals surface area contributed by atoms with Crippen molar-refractivity contribution in [1.29, 1.82) is 0 Å². The molecule has 1 heterocycles. The van der Waals surface area contributed by atoms with Crippen LogP contribution in [-0.2, 0) is 9.57 Å². The Morgan fingerprint density at radius 3 is 2.87 bits per heavy atom. The molecule has 1 unspecified atom stereocenters. The van der Waals surface area contributed by atoms with Gasteiger partial charge in [0, 0.05) is 5.92 Å². The molecule has 0 saturated carbocycles. The van der Waals surface area contributed by atoms with Gasteiger partial charge in [0.05, 0.1) is 18.8 Å². The molecular formula is C12H17NO2. The minimum Gasteiger partial charge on any atom is -0.352 e. The normalized spacial score (nSPS) is 22.5. The molecule has 0 aliphatic carbocycles. The van der Waals surface area contributed by atoms with E-state index >= 15 is 0 Å². The second-order valence-corrected chi connectivity index (χ2v) is 3.79. The molecule has 3 heteroatoms. The standard InChI is InChI=1S/C12H17NO2/c1-2-11-8-13(15-10-14-9-11)12-6-4-3-5-7-12/h3-7,11H,2,8-10H2,1H3. The molecule has 15 heavy (non-hydrogen) atoms. The Morgan fingerprint density at radius 2 is 2.13 bits per heavy atom. The number of hydrogen-bond acceptors (Lipinski definition) is 3.